The molecule has 9 heteroatoms. The number of rotatable bonds is 6. The van der Waals surface area contributed by atoms with E-state index < -0.39 is 18.5 Å². The molecule has 2 aromatic carbocycles. The molecule has 0 unspecified atom stereocenters. The molecular formula is C20H16N6O3. The first-order chi connectivity index (χ1) is 14.1. The lowest BCUT2D eigenvalue weighted by Crippen LogP contribution is -2.23. The molecule has 3 rings (SSSR count). The van der Waals surface area contributed by atoms with Gasteiger partial charge in [-0.1, -0.05) is 36.4 Å². The molecule has 0 bridgehead atoms. The van der Waals surface area contributed by atoms with E-state index in [0.29, 0.717) is 17.1 Å². The number of nitrogens with one attached hydrogen (secondary N) is 1. The summed E-state index contributed by atoms with van der Waals surface area (Å²) < 4.78 is 6.38. The quantitative estimate of drug-likeness (QED) is 0.506. The fourth-order valence-electron chi connectivity index (χ4n) is 2.44. The highest BCUT2D eigenvalue weighted by atomic mass is 16.5. The molecular weight excluding hydrogens is 372 g/mol. The van der Waals surface area contributed by atoms with Gasteiger partial charge in [-0.25, -0.2) is 4.79 Å². The van der Waals surface area contributed by atoms with Crippen molar-refractivity contribution in [3.63, 3.8) is 0 Å². The second-order valence-corrected chi connectivity index (χ2v) is 5.90. The monoisotopic (exact) mass is 388 g/mol. The number of amides is 1. The number of aromatic nitrogens is 4. The van der Waals surface area contributed by atoms with Crippen LogP contribution >= 0.6 is 0 Å². The van der Waals surface area contributed by atoms with Crippen LogP contribution in [0, 0.1) is 18.3 Å². The molecule has 1 amide bonds. The van der Waals surface area contributed by atoms with E-state index in [0.717, 1.165) is 5.56 Å². The molecule has 0 aliphatic heterocycles. The largest absolute Gasteiger partial charge is 0.451 e. The number of aryl methyl sites for hydroxylation is 1. The zero-order valence-electron chi connectivity index (χ0n) is 15.4. The van der Waals surface area contributed by atoms with E-state index in [1.807, 2.05) is 36.4 Å². The summed E-state index contributed by atoms with van der Waals surface area (Å²) in [5.41, 5.74) is 1.65. The average molecular weight is 388 g/mol. The number of benzene rings is 2. The lowest BCUT2D eigenvalue weighted by molar-refractivity contribution is -0.141. The standard InChI is InChI=1S/C20H16N6O3/c1-14-23-24-25-26(14)18(11-15-6-3-2-4-7-15)20(28)29-13-19(27)22-17-9-5-8-16(10-17)12-21/h2-11H,13H2,1H3,(H,22,27)/b18-11+. The molecule has 1 aromatic heterocycles. The van der Waals surface area contributed by atoms with E-state index in [4.69, 9.17) is 10.00 Å². The number of ether oxygens (including phenoxy) is 1. The third kappa shape index (κ3) is 5.11. The molecule has 0 fully saturated rings. The Balaban J connectivity index is 1.72. The highest BCUT2D eigenvalue weighted by molar-refractivity contribution is 6.15. The highest BCUT2D eigenvalue weighted by Gasteiger charge is 2.19. The minimum absolute atomic E-state index is 0.0676. The van der Waals surface area contributed by atoms with Gasteiger partial charge < -0.3 is 10.1 Å². The van der Waals surface area contributed by atoms with E-state index in [-0.39, 0.29) is 5.70 Å². The van der Waals surface area contributed by atoms with Crippen molar-refractivity contribution >= 4 is 29.3 Å². The van der Waals surface area contributed by atoms with Crippen LogP contribution in [0.4, 0.5) is 5.69 Å². The van der Waals surface area contributed by atoms with Gasteiger partial charge in [-0.15, -0.1) is 5.10 Å². The number of anilines is 1. The molecule has 144 valence electrons. The summed E-state index contributed by atoms with van der Waals surface area (Å²) >= 11 is 0. The number of tetrazole rings is 1. The highest BCUT2D eigenvalue weighted by Crippen LogP contribution is 2.14. The van der Waals surface area contributed by atoms with Crippen LogP contribution in [-0.2, 0) is 14.3 Å². The first kappa shape index (κ1) is 19.4. The molecule has 29 heavy (non-hydrogen) atoms. The van der Waals surface area contributed by atoms with E-state index >= 15 is 0 Å². The first-order valence-electron chi connectivity index (χ1n) is 8.56. The summed E-state index contributed by atoms with van der Waals surface area (Å²) in [4.78, 5) is 24.7. The molecule has 0 atom stereocenters. The molecule has 9 nitrogen and oxygen atoms in total. The fourth-order valence-corrected chi connectivity index (χ4v) is 2.44. The van der Waals surface area contributed by atoms with Crippen molar-refractivity contribution in [3.05, 3.63) is 71.5 Å². The van der Waals surface area contributed by atoms with Crippen LogP contribution in [0.1, 0.15) is 17.0 Å². The smallest absolute Gasteiger partial charge is 0.357 e. The summed E-state index contributed by atoms with van der Waals surface area (Å²) in [6.07, 6.45) is 1.57. The predicted octanol–water partition coefficient (Wildman–Crippen LogP) is 2.03. The number of carbonyl (C=O) groups is 2. The molecule has 0 radical (unpaired) electrons. The Bertz CT molecular complexity index is 1100. The van der Waals surface area contributed by atoms with Crippen LogP contribution in [0.25, 0.3) is 11.8 Å². The van der Waals surface area contributed by atoms with E-state index in [1.165, 1.54) is 10.7 Å². The van der Waals surface area contributed by atoms with Gasteiger partial charge in [0.25, 0.3) is 5.91 Å². The van der Waals surface area contributed by atoms with Crippen LogP contribution in [0.3, 0.4) is 0 Å². The van der Waals surface area contributed by atoms with Gasteiger partial charge in [0.15, 0.2) is 18.1 Å². The third-order valence-corrected chi connectivity index (χ3v) is 3.78. The van der Waals surface area contributed by atoms with Gasteiger partial charge in [0.05, 0.1) is 11.6 Å². The number of hydrogen-bond acceptors (Lipinski definition) is 7. The Kier molecular flexibility index (Phi) is 6.07. The van der Waals surface area contributed by atoms with E-state index in [2.05, 4.69) is 20.8 Å². The summed E-state index contributed by atoms with van der Waals surface area (Å²) in [6, 6.07) is 17.5. The Labute approximate surface area is 166 Å². The van der Waals surface area contributed by atoms with Crippen LogP contribution in [0.5, 0.6) is 0 Å². The van der Waals surface area contributed by atoms with Crippen molar-refractivity contribution in [2.45, 2.75) is 6.92 Å². The Morgan fingerprint density at radius 2 is 2.00 bits per heavy atom. The second-order valence-electron chi connectivity index (χ2n) is 5.90. The number of esters is 1. The third-order valence-electron chi connectivity index (χ3n) is 3.78. The molecule has 1 heterocycles. The molecule has 0 saturated heterocycles. The molecule has 0 aliphatic rings. The van der Waals surface area contributed by atoms with Gasteiger partial charge in [-0.2, -0.15) is 9.94 Å². The SMILES string of the molecule is Cc1nnnn1/C(=C/c1ccccc1)C(=O)OCC(=O)Nc1cccc(C#N)c1. The minimum Gasteiger partial charge on any atom is -0.451 e. The number of nitrogens with zero attached hydrogens (tertiary/aromatic N) is 5. The molecule has 1 N–H and O–H groups in total. The lowest BCUT2D eigenvalue weighted by Gasteiger charge is -2.10. The second kappa shape index (κ2) is 9.05. The molecule has 0 aliphatic carbocycles. The van der Waals surface area contributed by atoms with Crippen molar-refractivity contribution in [2.24, 2.45) is 0 Å². The van der Waals surface area contributed by atoms with Gasteiger partial charge >= 0.3 is 5.97 Å². The van der Waals surface area contributed by atoms with Crippen molar-refractivity contribution in [1.82, 2.24) is 20.2 Å². The maximum atomic E-state index is 12.6. The van der Waals surface area contributed by atoms with Gasteiger partial charge in [0, 0.05) is 5.69 Å². The normalized spacial score (nSPS) is 10.8. The minimum atomic E-state index is -0.759. The maximum Gasteiger partial charge on any atom is 0.357 e. The Morgan fingerprint density at radius 3 is 2.69 bits per heavy atom. The van der Waals surface area contributed by atoms with Gasteiger partial charge in [0.1, 0.15) is 0 Å². The number of carbonyl (C=O) groups excluding carboxylic acids is 2. The van der Waals surface area contributed by atoms with Crippen LogP contribution in [0.2, 0.25) is 0 Å². The summed E-state index contributed by atoms with van der Waals surface area (Å²) in [7, 11) is 0. The fraction of sp³-hybridized carbons (Fsp3) is 0.100. The van der Waals surface area contributed by atoms with Crippen molar-refractivity contribution in [2.75, 3.05) is 11.9 Å². The maximum absolute atomic E-state index is 12.6. The van der Waals surface area contributed by atoms with Crippen LogP contribution in [-0.4, -0.2) is 38.7 Å². The predicted molar refractivity (Wildman–Crippen MR) is 104 cm³/mol. The van der Waals surface area contributed by atoms with Crippen molar-refractivity contribution in [3.8, 4) is 6.07 Å². The van der Waals surface area contributed by atoms with Crippen molar-refractivity contribution < 1.29 is 14.3 Å². The summed E-state index contributed by atoms with van der Waals surface area (Å²) in [5, 5.41) is 22.6. The lowest BCUT2D eigenvalue weighted by atomic mass is 10.2. The zero-order valence-corrected chi connectivity index (χ0v) is 15.4. The molecule has 0 spiro atoms. The van der Waals surface area contributed by atoms with E-state index in [1.54, 1.807) is 31.2 Å². The number of hydrogen-bond donors (Lipinski definition) is 1. The van der Waals surface area contributed by atoms with E-state index in [9.17, 15) is 9.59 Å². The number of nitriles is 1. The first-order valence-corrected chi connectivity index (χ1v) is 8.56. The van der Waals surface area contributed by atoms with Crippen molar-refractivity contribution in [1.29, 1.82) is 5.26 Å². The summed E-state index contributed by atoms with van der Waals surface area (Å²) in [5.74, 6) is -0.909. The van der Waals surface area contributed by atoms with Crippen LogP contribution in [0.15, 0.2) is 54.6 Å². The topological polar surface area (TPSA) is 123 Å². The average Bonchev–Trinajstić information content (AvgIpc) is 3.16. The molecule has 0 saturated carbocycles. The Morgan fingerprint density at radius 1 is 1.21 bits per heavy atom. The van der Waals surface area contributed by atoms with Gasteiger partial charge in [-0.3, -0.25) is 4.79 Å². The van der Waals surface area contributed by atoms with Crippen LogP contribution < -0.4 is 5.32 Å². The summed E-state index contributed by atoms with van der Waals surface area (Å²) in [6.45, 7) is 1.13. The van der Waals surface area contributed by atoms with Gasteiger partial charge in [-0.05, 0) is 47.2 Å². The Hall–Kier alpha value is -4.32. The zero-order chi connectivity index (χ0) is 20.6. The van der Waals surface area contributed by atoms with Gasteiger partial charge in [0.2, 0.25) is 0 Å². The molecule has 3 aromatic rings.